The Kier molecular flexibility index (Phi) is 2.96. The Morgan fingerprint density at radius 3 is 2.47 bits per heavy atom. The highest BCUT2D eigenvalue weighted by Gasteiger charge is 2.17. The second-order valence-electron chi connectivity index (χ2n) is 2.96. The molecular weight excluding hydrogens is 220 g/mol. The van der Waals surface area contributed by atoms with Gasteiger partial charge in [0, 0.05) is 5.56 Å². The maximum Gasteiger partial charge on any atom is 0.272 e. The van der Waals surface area contributed by atoms with Gasteiger partial charge >= 0.3 is 0 Å². The van der Waals surface area contributed by atoms with Gasteiger partial charge in [-0.1, -0.05) is 6.07 Å². The normalized spacial score (nSPS) is 11.3. The van der Waals surface area contributed by atoms with Gasteiger partial charge in [-0.25, -0.2) is 0 Å². The quantitative estimate of drug-likeness (QED) is 0.379. The summed E-state index contributed by atoms with van der Waals surface area (Å²) in [6.07, 6.45) is 0. The summed E-state index contributed by atoms with van der Waals surface area (Å²) in [5.74, 6) is -1.79. The minimum atomic E-state index is -4.35. The molecule has 0 fully saturated rings. The van der Waals surface area contributed by atoms with Crippen molar-refractivity contribution in [1.82, 2.24) is 0 Å². The molecule has 0 amide bonds. The first-order valence-corrected chi connectivity index (χ1v) is 5.54. The highest BCUT2D eigenvalue weighted by molar-refractivity contribution is 7.86. The van der Waals surface area contributed by atoms with Crippen LogP contribution in [0, 0.1) is 0 Å². The number of anilines is 2. The Hall–Kier alpha value is -1.60. The molecule has 82 valence electrons. The first kappa shape index (κ1) is 11.5. The lowest BCUT2D eigenvalue weighted by Gasteiger charge is -2.05. The van der Waals surface area contributed by atoms with E-state index in [0.29, 0.717) is 0 Å². The van der Waals surface area contributed by atoms with E-state index in [1.54, 1.807) is 0 Å². The van der Waals surface area contributed by atoms with Gasteiger partial charge < -0.3 is 11.5 Å². The zero-order valence-corrected chi connectivity index (χ0v) is 8.49. The van der Waals surface area contributed by atoms with Crippen molar-refractivity contribution in [1.29, 1.82) is 0 Å². The largest absolute Gasteiger partial charge is 0.397 e. The molecule has 0 unspecified atom stereocenters. The van der Waals surface area contributed by atoms with E-state index in [2.05, 4.69) is 0 Å². The first-order chi connectivity index (χ1) is 6.81. The molecule has 0 aliphatic heterocycles. The summed E-state index contributed by atoms with van der Waals surface area (Å²) in [6.45, 7) is 0. The van der Waals surface area contributed by atoms with Crippen LogP contribution in [0.4, 0.5) is 11.4 Å². The fourth-order valence-corrected chi connectivity index (χ4v) is 1.56. The topological polar surface area (TPSA) is 123 Å². The molecule has 0 saturated carbocycles. The number of hydrogen-bond donors (Lipinski definition) is 3. The van der Waals surface area contributed by atoms with Crippen LogP contribution in [0.25, 0.3) is 0 Å². The molecule has 7 heteroatoms. The molecule has 0 saturated heterocycles. The predicted octanol–water partition coefficient (Wildman–Crippen LogP) is -0.0785. The van der Waals surface area contributed by atoms with Crippen LogP contribution < -0.4 is 11.5 Å². The van der Waals surface area contributed by atoms with Crippen molar-refractivity contribution in [3.63, 3.8) is 0 Å². The summed E-state index contributed by atoms with van der Waals surface area (Å²) < 4.78 is 29.4. The first-order valence-electron chi connectivity index (χ1n) is 3.93. The van der Waals surface area contributed by atoms with Crippen LogP contribution in [0.15, 0.2) is 18.2 Å². The Morgan fingerprint density at radius 1 is 1.33 bits per heavy atom. The molecule has 1 aromatic rings. The summed E-state index contributed by atoms with van der Waals surface area (Å²) >= 11 is 0. The molecule has 6 nitrogen and oxygen atoms in total. The van der Waals surface area contributed by atoms with Crippen molar-refractivity contribution in [2.24, 2.45) is 0 Å². The fourth-order valence-electron chi connectivity index (χ4n) is 1.07. The van der Waals surface area contributed by atoms with E-state index in [-0.39, 0.29) is 16.9 Å². The predicted molar refractivity (Wildman–Crippen MR) is 56.0 cm³/mol. The van der Waals surface area contributed by atoms with E-state index < -0.39 is 21.7 Å². The van der Waals surface area contributed by atoms with E-state index >= 15 is 0 Å². The monoisotopic (exact) mass is 230 g/mol. The van der Waals surface area contributed by atoms with Crippen LogP contribution in [-0.4, -0.2) is 24.5 Å². The van der Waals surface area contributed by atoms with Gasteiger partial charge in [0.1, 0.15) is 5.75 Å². The molecule has 15 heavy (non-hydrogen) atoms. The number of hydrogen-bond acceptors (Lipinski definition) is 5. The van der Waals surface area contributed by atoms with E-state index in [9.17, 15) is 13.2 Å². The molecule has 0 aliphatic carbocycles. The highest BCUT2D eigenvalue weighted by Crippen LogP contribution is 2.20. The molecule has 1 rings (SSSR count). The van der Waals surface area contributed by atoms with Crippen LogP contribution in [0.3, 0.4) is 0 Å². The zero-order chi connectivity index (χ0) is 11.6. The van der Waals surface area contributed by atoms with Crippen molar-refractivity contribution < 1.29 is 17.8 Å². The maximum absolute atomic E-state index is 11.4. The molecule has 0 aromatic heterocycles. The number of carbonyl (C=O) groups excluding carboxylic acids is 1. The number of benzene rings is 1. The minimum Gasteiger partial charge on any atom is -0.397 e. The average Bonchev–Trinajstić information content (AvgIpc) is 2.06. The van der Waals surface area contributed by atoms with Gasteiger partial charge in [-0.2, -0.15) is 8.42 Å². The third kappa shape index (κ3) is 2.93. The zero-order valence-electron chi connectivity index (χ0n) is 7.67. The van der Waals surface area contributed by atoms with Crippen molar-refractivity contribution in [3.8, 4) is 0 Å². The van der Waals surface area contributed by atoms with E-state index in [4.69, 9.17) is 16.0 Å². The van der Waals surface area contributed by atoms with Crippen LogP contribution in [-0.2, 0) is 10.1 Å². The van der Waals surface area contributed by atoms with Gasteiger partial charge in [0.05, 0.1) is 11.4 Å². The SMILES string of the molecule is Nc1cccc(C(=O)CS(=O)(=O)O)c1N. The molecule has 0 spiro atoms. The minimum absolute atomic E-state index is 0.00683. The van der Waals surface area contributed by atoms with Gasteiger partial charge in [-0.05, 0) is 12.1 Å². The van der Waals surface area contributed by atoms with Gasteiger partial charge in [0.15, 0.2) is 5.78 Å². The molecular formula is C8H10N2O4S. The van der Waals surface area contributed by atoms with Gasteiger partial charge in [-0.3, -0.25) is 9.35 Å². The number of carbonyl (C=O) groups is 1. The summed E-state index contributed by atoms with van der Waals surface area (Å²) in [5.41, 5.74) is 11.1. The lowest BCUT2D eigenvalue weighted by atomic mass is 10.1. The van der Waals surface area contributed by atoms with Crippen LogP contribution in [0.1, 0.15) is 10.4 Å². The molecule has 0 aliphatic rings. The summed E-state index contributed by atoms with van der Waals surface area (Å²) in [4.78, 5) is 11.4. The summed E-state index contributed by atoms with van der Waals surface area (Å²) in [7, 11) is -4.35. The second kappa shape index (κ2) is 3.87. The van der Waals surface area contributed by atoms with Crippen LogP contribution in [0.5, 0.6) is 0 Å². The third-order valence-electron chi connectivity index (χ3n) is 1.75. The highest BCUT2D eigenvalue weighted by atomic mass is 32.2. The maximum atomic E-state index is 11.4. The van der Waals surface area contributed by atoms with Crippen molar-refractivity contribution in [3.05, 3.63) is 23.8 Å². The van der Waals surface area contributed by atoms with Gasteiger partial charge in [-0.15, -0.1) is 0 Å². The van der Waals surface area contributed by atoms with Gasteiger partial charge in [0.25, 0.3) is 10.1 Å². The Morgan fingerprint density at radius 2 is 1.93 bits per heavy atom. The molecule has 1 aromatic carbocycles. The number of nitrogens with two attached hydrogens (primary N) is 2. The lowest BCUT2D eigenvalue weighted by Crippen LogP contribution is -2.16. The van der Waals surface area contributed by atoms with E-state index in [1.165, 1.54) is 18.2 Å². The lowest BCUT2D eigenvalue weighted by molar-refractivity contribution is 0.102. The van der Waals surface area contributed by atoms with E-state index in [1.807, 2.05) is 0 Å². The molecule has 0 atom stereocenters. The standard InChI is InChI=1S/C8H10N2O4S/c9-6-3-1-2-5(8(6)10)7(11)4-15(12,13)14/h1-3H,4,9-10H2,(H,12,13,14). The molecule has 0 heterocycles. The number of nitrogen functional groups attached to an aromatic ring is 2. The Labute approximate surface area is 86.6 Å². The van der Waals surface area contributed by atoms with Gasteiger partial charge in [0.2, 0.25) is 0 Å². The fraction of sp³-hybridized carbons (Fsp3) is 0.125. The number of para-hydroxylation sites is 1. The summed E-state index contributed by atoms with van der Waals surface area (Å²) in [5, 5.41) is 0. The summed E-state index contributed by atoms with van der Waals surface area (Å²) in [6, 6.07) is 4.31. The number of ketones is 1. The van der Waals surface area contributed by atoms with Crippen LogP contribution in [0.2, 0.25) is 0 Å². The average molecular weight is 230 g/mol. The number of Topliss-reactive ketones (excluding diaryl/α,β-unsaturated/α-hetero) is 1. The Bertz CT molecular complexity index is 495. The molecule has 5 N–H and O–H groups in total. The van der Waals surface area contributed by atoms with Crippen LogP contribution >= 0.6 is 0 Å². The van der Waals surface area contributed by atoms with Crippen molar-refractivity contribution in [2.75, 3.05) is 17.2 Å². The third-order valence-corrected chi connectivity index (χ3v) is 2.38. The molecule has 0 radical (unpaired) electrons. The van der Waals surface area contributed by atoms with E-state index in [0.717, 1.165) is 0 Å². The van der Waals surface area contributed by atoms with Crippen molar-refractivity contribution >= 4 is 27.3 Å². The molecule has 0 bridgehead atoms. The smallest absolute Gasteiger partial charge is 0.272 e. The number of rotatable bonds is 3. The van der Waals surface area contributed by atoms with Crippen molar-refractivity contribution in [2.45, 2.75) is 0 Å². The second-order valence-corrected chi connectivity index (χ2v) is 4.41. The Balaban J connectivity index is 3.08.